The van der Waals surface area contributed by atoms with Crippen molar-refractivity contribution in [2.75, 3.05) is 149 Å². The molecule has 0 aliphatic carbocycles. The van der Waals surface area contributed by atoms with E-state index in [2.05, 4.69) is 144 Å². The maximum Gasteiger partial charge on any atom is 0.344 e. The molecule has 1 unspecified atom stereocenters. The number of hydrogen-bond acceptors (Lipinski definition) is 25. The second-order valence-electron chi connectivity index (χ2n) is 42.4. The molecular formula is C120H124N20O10. The average molecular weight is 2010 g/mol. The number of piperidine rings is 1. The van der Waals surface area contributed by atoms with Gasteiger partial charge < -0.3 is 78.8 Å². The van der Waals surface area contributed by atoms with Crippen molar-refractivity contribution in [3.05, 3.63) is 324 Å². The van der Waals surface area contributed by atoms with Crippen LogP contribution in [0.5, 0.6) is 0 Å². The van der Waals surface area contributed by atoms with Gasteiger partial charge in [0.25, 0.3) is 0 Å². The van der Waals surface area contributed by atoms with Crippen molar-refractivity contribution in [2.45, 2.75) is 137 Å². The summed E-state index contributed by atoms with van der Waals surface area (Å²) in [6.45, 7) is 37.3. The molecule has 30 nitrogen and oxygen atoms in total. The third-order valence-electron chi connectivity index (χ3n) is 31.8. The maximum absolute atomic E-state index is 12.8. The van der Waals surface area contributed by atoms with Crippen LogP contribution in [0.25, 0.3) is 138 Å². The quantitative estimate of drug-likeness (QED) is 0.125. The Morgan fingerprint density at radius 3 is 0.993 bits per heavy atom. The van der Waals surface area contributed by atoms with Crippen LogP contribution in [0.2, 0.25) is 0 Å². The van der Waals surface area contributed by atoms with Crippen LogP contribution < -0.4 is 57.9 Å². The number of nitrogens with zero attached hydrogens (tertiary/aromatic N) is 19. The van der Waals surface area contributed by atoms with E-state index in [-0.39, 0.29) is 28.1 Å². The smallest absolute Gasteiger partial charge is 0.344 e. The summed E-state index contributed by atoms with van der Waals surface area (Å²) in [6.07, 6.45) is 34.1. The number of likely N-dealkylation sites (N-methyl/N-ethyl adjacent to an activating group) is 1. The number of benzene rings is 5. The van der Waals surface area contributed by atoms with Crippen molar-refractivity contribution in [3.63, 3.8) is 0 Å². The van der Waals surface area contributed by atoms with Gasteiger partial charge in [-0.05, 0) is 249 Å². The summed E-state index contributed by atoms with van der Waals surface area (Å²) in [7, 11) is 2.14. The first-order chi connectivity index (χ1) is 72.8. The fourth-order valence-corrected chi connectivity index (χ4v) is 23.9. The van der Waals surface area contributed by atoms with Crippen molar-refractivity contribution in [3.8, 4) is 55.6 Å². The minimum Gasteiger partial charge on any atom is -0.422 e. The van der Waals surface area contributed by atoms with Gasteiger partial charge in [0, 0.05) is 310 Å². The Balaban J connectivity index is 0.0000000998. The van der Waals surface area contributed by atoms with Crippen molar-refractivity contribution >= 4 is 111 Å². The molecule has 15 aromatic heterocycles. The van der Waals surface area contributed by atoms with Gasteiger partial charge in [-0.1, -0.05) is 6.42 Å². The molecule has 0 spiro atoms. The fraction of sp³-hybridized carbons (Fsp3) is 0.333. The molecule has 8 aliphatic rings. The molecule has 0 amide bonds. The van der Waals surface area contributed by atoms with Gasteiger partial charge in [-0.3, -0.25) is 39.6 Å². The molecule has 30 heteroatoms. The highest BCUT2D eigenvalue weighted by atomic mass is 16.4. The van der Waals surface area contributed by atoms with Crippen molar-refractivity contribution in [1.29, 1.82) is 0 Å². The van der Waals surface area contributed by atoms with Crippen LogP contribution >= 0.6 is 0 Å². The topological polar surface area (TPSA) is 279 Å². The largest absolute Gasteiger partial charge is 0.422 e. The van der Waals surface area contributed by atoms with Crippen LogP contribution in [0, 0.1) is 48.5 Å². The van der Waals surface area contributed by atoms with Crippen LogP contribution in [0.4, 0.5) is 28.4 Å². The Bertz CT molecular complexity index is 8950. The Morgan fingerprint density at radius 1 is 0.293 bits per heavy atom. The zero-order valence-corrected chi connectivity index (χ0v) is 86.6. The number of piperazine rings is 5. The predicted octanol–water partition coefficient (Wildman–Crippen LogP) is 18.9. The number of rotatable bonds is 10. The Labute approximate surface area is 866 Å². The van der Waals surface area contributed by atoms with E-state index in [1.54, 1.807) is 6.20 Å². The Kier molecular flexibility index (Phi) is 25.8. The van der Waals surface area contributed by atoms with E-state index in [0.29, 0.717) is 85.9 Å². The summed E-state index contributed by atoms with van der Waals surface area (Å²) in [5.41, 5.74) is 25.9. The molecule has 5 atom stereocenters. The molecule has 8 saturated heterocycles. The van der Waals surface area contributed by atoms with Crippen LogP contribution in [0.15, 0.2) is 278 Å². The standard InChI is InChI=1S/C25H26N4O2.2C24H24N4O2.C24H26N4O2.C23H24N4O2/c1-17-14-29-15-19(10-22(29)13-26-17)23-11-18-5-6-20(12-24(18)31-25(23)30)28-9-8-27-7-3-2-4-21(27)16-28;1-16-22-12-18(14-28(22)8-6-25-16)21-11-17-4-5-19(13-23(17)30-24(21)29)27-10-9-26-7-2-3-20(26)15-27;1-16-13-28-14-18(9-21(28)12-25-16)22-10-17-4-5-19(11-23(17)30-24(22)29)27-8-7-26-6-2-3-20(26)15-27;1-14-10-27(11-15(2)25-14)20-6-5-18-7-21(24(29)30-23(18)9-20)19-8-22-17(4)26-16(3)12-28(22)13-19;1-15-13-27-14-18(11-21(27)16(2)24-15)20-10-17-4-5-19(12-22(17)29-23(20)28)26-8-6-25(3)7-9-26/h5-6,10-15,21H,2-4,7-9,16H2,1H3;4-6,8,11-14,20H,2-3,7,9-10,15H2,1H3;4-5,9-14,20H,2-3,6-8,15H2,1H3;5-9,12-15,25H,10-11H2,1-4H3;4-5,10-14H,6-9H2,1-3H3/t;2*20-;14-,15+;/m.00../s1. The molecule has 20 aromatic rings. The molecule has 8 aliphatic heterocycles. The average Bonchev–Trinajstić information content (AvgIpc) is 1.14. The van der Waals surface area contributed by atoms with Gasteiger partial charge in [0.05, 0.1) is 108 Å². The van der Waals surface area contributed by atoms with Crippen molar-refractivity contribution in [1.82, 2.24) is 71.8 Å². The highest BCUT2D eigenvalue weighted by Gasteiger charge is 2.35. The lowest BCUT2D eigenvalue weighted by Crippen LogP contribution is -2.54. The highest BCUT2D eigenvalue weighted by Crippen LogP contribution is 2.39. The van der Waals surface area contributed by atoms with E-state index in [1.165, 1.54) is 64.6 Å². The maximum atomic E-state index is 12.8. The molecule has 0 saturated carbocycles. The summed E-state index contributed by atoms with van der Waals surface area (Å²) in [4.78, 5) is 108. The van der Waals surface area contributed by atoms with E-state index in [1.807, 2.05) is 248 Å². The van der Waals surface area contributed by atoms with Crippen molar-refractivity contribution < 1.29 is 22.1 Å². The molecule has 0 radical (unpaired) electrons. The summed E-state index contributed by atoms with van der Waals surface area (Å²) in [5.74, 6) is 0. The van der Waals surface area contributed by atoms with Crippen LogP contribution in [-0.2, 0) is 0 Å². The first-order valence-corrected chi connectivity index (χ1v) is 52.9. The summed E-state index contributed by atoms with van der Waals surface area (Å²) < 4.78 is 38.8. The first-order valence-electron chi connectivity index (χ1n) is 52.9. The van der Waals surface area contributed by atoms with Gasteiger partial charge in [0.2, 0.25) is 0 Å². The van der Waals surface area contributed by atoms with Crippen LogP contribution in [0.1, 0.15) is 98.7 Å². The van der Waals surface area contributed by atoms with E-state index in [9.17, 15) is 24.0 Å². The third-order valence-corrected chi connectivity index (χ3v) is 31.8. The lowest BCUT2D eigenvalue weighted by Gasteiger charge is -2.44. The zero-order chi connectivity index (χ0) is 103. The zero-order valence-electron chi connectivity index (χ0n) is 86.6. The fourth-order valence-electron chi connectivity index (χ4n) is 23.9. The van der Waals surface area contributed by atoms with Crippen LogP contribution in [0.3, 0.4) is 0 Å². The molecule has 0 bridgehead atoms. The number of aryl methyl sites for hydroxylation is 7. The number of aromatic nitrogens is 10. The summed E-state index contributed by atoms with van der Waals surface area (Å²) in [5, 5.41) is 8.23. The number of anilines is 5. The minimum absolute atomic E-state index is 0.303. The van der Waals surface area contributed by atoms with Gasteiger partial charge >= 0.3 is 28.1 Å². The summed E-state index contributed by atoms with van der Waals surface area (Å²) in [6, 6.07) is 53.5. The van der Waals surface area contributed by atoms with Crippen LogP contribution in [-0.4, -0.2) is 222 Å². The summed E-state index contributed by atoms with van der Waals surface area (Å²) >= 11 is 0. The number of hydrogen-bond donors (Lipinski definition) is 1. The Hall–Kier alpha value is -15.6. The van der Waals surface area contributed by atoms with Crippen molar-refractivity contribution in [2.24, 2.45) is 0 Å². The lowest BCUT2D eigenvalue weighted by molar-refractivity contribution is 0.133. The lowest BCUT2D eigenvalue weighted by atomic mass is 9.99. The van der Waals surface area contributed by atoms with E-state index < -0.39 is 0 Å². The second kappa shape index (κ2) is 40.1. The Morgan fingerprint density at radius 2 is 0.613 bits per heavy atom. The molecule has 23 heterocycles. The molecule has 1 N–H and O–H groups in total. The van der Waals surface area contributed by atoms with Gasteiger partial charge in [-0.15, -0.1) is 0 Å². The van der Waals surface area contributed by atoms with E-state index >= 15 is 0 Å². The SMILES string of the molecule is Cc1cn2cc(-c3cc4ccc(N5CCN(C)CC5)cc4oc3=O)cc2c(C)n1.Cc1cn2cc(-c3cc4ccc(N5CCN6CCCCC6C5)cc4oc3=O)cc2cn1.Cc1cn2cc(-c3cc4ccc(N5CCN6CCC[C@H]6C5)cc4oc3=O)cc2cn1.Cc1cn2cc(-c3cc4ccc(N5C[C@@H](C)N[C@@H](C)C5)cc4oc3=O)cc2c(C)n1.Cc1nccn2cc(-c3cc4ccc(N5CCN6CCC[C@H]6C5)cc4oc3=O)cc12. The van der Waals surface area contributed by atoms with Gasteiger partial charge in [0.15, 0.2) is 0 Å². The highest BCUT2D eigenvalue weighted by molar-refractivity contribution is 5.91. The minimum atomic E-state index is -0.320. The monoisotopic (exact) mass is 2000 g/mol. The molecule has 150 heavy (non-hydrogen) atoms. The van der Waals surface area contributed by atoms with Gasteiger partial charge in [0.1, 0.15) is 27.9 Å². The second-order valence-corrected chi connectivity index (χ2v) is 42.4. The molecular weight excluding hydrogens is 1880 g/mol. The third kappa shape index (κ3) is 19.6. The van der Waals surface area contributed by atoms with E-state index in [4.69, 9.17) is 22.1 Å². The van der Waals surface area contributed by atoms with Gasteiger partial charge in [-0.2, -0.15) is 0 Å². The van der Waals surface area contributed by atoms with E-state index in [0.717, 1.165) is 249 Å². The normalized spacial score (nSPS) is 18.9. The molecule has 8 fully saturated rings. The molecule has 28 rings (SSSR count). The van der Waals surface area contributed by atoms with Gasteiger partial charge in [-0.25, -0.2) is 24.0 Å². The predicted molar refractivity (Wildman–Crippen MR) is 596 cm³/mol. The molecule has 5 aromatic carbocycles. The molecule has 764 valence electrons. The number of fused-ring (bicyclic) bond motifs is 13. The number of nitrogens with one attached hydrogen (secondary N) is 1. The first kappa shape index (κ1) is 96.5.